The summed E-state index contributed by atoms with van der Waals surface area (Å²) in [7, 11) is 0. The van der Waals surface area contributed by atoms with Gasteiger partial charge in [-0.1, -0.05) is 13.3 Å². The number of nitrogens with two attached hydrogens (primary N) is 1. The standard InChI is InChI=1S/C13H29N3/c1-5-6-12(11-14)15-7-9-16(10-8-15)13(2,3)4/h12H,5-11,14H2,1-4H3. The van der Waals surface area contributed by atoms with Crippen LogP contribution in [0.4, 0.5) is 0 Å². The normalized spacial score (nSPS) is 22.3. The molecule has 1 heterocycles. The topological polar surface area (TPSA) is 32.5 Å². The third-order valence-electron chi connectivity index (χ3n) is 3.67. The lowest BCUT2D eigenvalue weighted by Crippen LogP contribution is -2.56. The molecule has 0 amide bonds. The van der Waals surface area contributed by atoms with Crippen molar-refractivity contribution in [2.45, 2.75) is 52.1 Å². The minimum atomic E-state index is 0.315. The van der Waals surface area contributed by atoms with E-state index in [2.05, 4.69) is 37.5 Å². The van der Waals surface area contributed by atoms with Crippen LogP contribution in [-0.2, 0) is 0 Å². The highest BCUT2D eigenvalue weighted by Gasteiger charge is 2.28. The van der Waals surface area contributed by atoms with Gasteiger partial charge in [-0.15, -0.1) is 0 Å². The number of nitrogens with zero attached hydrogens (tertiary/aromatic N) is 2. The van der Waals surface area contributed by atoms with Crippen molar-refractivity contribution in [2.24, 2.45) is 5.73 Å². The number of hydrogen-bond donors (Lipinski definition) is 1. The summed E-state index contributed by atoms with van der Waals surface area (Å²) < 4.78 is 0. The van der Waals surface area contributed by atoms with E-state index in [1.807, 2.05) is 0 Å². The summed E-state index contributed by atoms with van der Waals surface area (Å²) in [4.78, 5) is 5.15. The summed E-state index contributed by atoms with van der Waals surface area (Å²) in [6, 6.07) is 0.604. The van der Waals surface area contributed by atoms with E-state index in [0.717, 1.165) is 6.54 Å². The van der Waals surface area contributed by atoms with Crippen molar-refractivity contribution in [1.29, 1.82) is 0 Å². The Morgan fingerprint density at radius 1 is 1.12 bits per heavy atom. The third-order valence-corrected chi connectivity index (χ3v) is 3.67. The van der Waals surface area contributed by atoms with Gasteiger partial charge < -0.3 is 5.73 Å². The Labute approximate surface area is 101 Å². The highest BCUT2D eigenvalue weighted by Crippen LogP contribution is 2.17. The minimum Gasteiger partial charge on any atom is -0.329 e. The fourth-order valence-corrected chi connectivity index (χ4v) is 2.54. The molecule has 1 unspecified atom stereocenters. The number of hydrogen-bond acceptors (Lipinski definition) is 3. The Balaban J connectivity index is 2.41. The predicted molar refractivity (Wildman–Crippen MR) is 70.6 cm³/mol. The van der Waals surface area contributed by atoms with Crippen LogP contribution in [0.5, 0.6) is 0 Å². The summed E-state index contributed by atoms with van der Waals surface area (Å²) in [6.45, 7) is 14.7. The maximum absolute atomic E-state index is 5.85. The molecule has 0 aromatic heterocycles. The fraction of sp³-hybridized carbons (Fsp3) is 1.00. The second kappa shape index (κ2) is 5.99. The van der Waals surface area contributed by atoms with Gasteiger partial charge in [0.15, 0.2) is 0 Å². The quantitative estimate of drug-likeness (QED) is 0.790. The van der Waals surface area contributed by atoms with E-state index in [1.165, 1.54) is 39.0 Å². The van der Waals surface area contributed by atoms with E-state index in [-0.39, 0.29) is 0 Å². The van der Waals surface area contributed by atoms with Gasteiger partial charge in [0.05, 0.1) is 0 Å². The highest BCUT2D eigenvalue weighted by atomic mass is 15.3. The molecule has 0 spiro atoms. The summed E-state index contributed by atoms with van der Waals surface area (Å²) in [5.74, 6) is 0. The maximum Gasteiger partial charge on any atom is 0.0219 e. The molecule has 0 bridgehead atoms. The van der Waals surface area contributed by atoms with Crippen molar-refractivity contribution < 1.29 is 0 Å². The molecule has 1 atom stereocenters. The van der Waals surface area contributed by atoms with Crippen LogP contribution < -0.4 is 5.73 Å². The molecule has 0 aliphatic carbocycles. The zero-order valence-corrected chi connectivity index (χ0v) is 11.5. The van der Waals surface area contributed by atoms with Crippen LogP contribution in [0, 0.1) is 0 Å². The van der Waals surface area contributed by atoms with E-state index in [9.17, 15) is 0 Å². The molecule has 0 radical (unpaired) electrons. The van der Waals surface area contributed by atoms with E-state index in [1.54, 1.807) is 0 Å². The van der Waals surface area contributed by atoms with Gasteiger partial charge in [-0.05, 0) is 27.2 Å². The molecule has 1 aliphatic heterocycles. The van der Waals surface area contributed by atoms with Gasteiger partial charge in [0.25, 0.3) is 0 Å². The fourth-order valence-electron chi connectivity index (χ4n) is 2.54. The van der Waals surface area contributed by atoms with Gasteiger partial charge in [0.2, 0.25) is 0 Å². The molecule has 96 valence electrons. The van der Waals surface area contributed by atoms with Crippen LogP contribution in [0.15, 0.2) is 0 Å². The molecule has 1 saturated heterocycles. The van der Waals surface area contributed by atoms with Gasteiger partial charge in [-0.2, -0.15) is 0 Å². The smallest absolute Gasteiger partial charge is 0.0219 e. The summed E-state index contributed by atoms with van der Waals surface area (Å²) in [5, 5.41) is 0. The molecule has 1 fully saturated rings. The average molecular weight is 227 g/mol. The van der Waals surface area contributed by atoms with Crippen molar-refractivity contribution in [2.75, 3.05) is 32.7 Å². The molecule has 1 rings (SSSR count). The molecular weight excluding hydrogens is 198 g/mol. The van der Waals surface area contributed by atoms with E-state index in [4.69, 9.17) is 5.73 Å². The monoisotopic (exact) mass is 227 g/mol. The van der Waals surface area contributed by atoms with Gasteiger partial charge in [0.1, 0.15) is 0 Å². The Morgan fingerprint density at radius 2 is 1.69 bits per heavy atom. The first-order valence-corrected chi connectivity index (χ1v) is 6.68. The Bertz CT molecular complexity index is 190. The second-order valence-corrected chi connectivity index (χ2v) is 5.87. The summed E-state index contributed by atoms with van der Waals surface area (Å²) >= 11 is 0. The zero-order valence-electron chi connectivity index (χ0n) is 11.5. The molecule has 0 aromatic carbocycles. The van der Waals surface area contributed by atoms with Crippen molar-refractivity contribution in [1.82, 2.24) is 9.80 Å². The molecule has 16 heavy (non-hydrogen) atoms. The Kier molecular flexibility index (Phi) is 5.22. The van der Waals surface area contributed by atoms with Gasteiger partial charge in [-0.25, -0.2) is 0 Å². The molecule has 1 aliphatic rings. The first-order chi connectivity index (χ1) is 7.49. The molecule has 3 heteroatoms. The van der Waals surface area contributed by atoms with Crippen LogP contribution in [0.2, 0.25) is 0 Å². The maximum atomic E-state index is 5.85. The van der Waals surface area contributed by atoms with Crippen LogP contribution in [-0.4, -0.2) is 54.1 Å². The number of rotatable bonds is 4. The van der Waals surface area contributed by atoms with Crippen molar-refractivity contribution >= 4 is 0 Å². The average Bonchev–Trinajstić information content (AvgIpc) is 2.25. The van der Waals surface area contributed by atoms with Gasteiger partial charge >= 0.3 is 0 Å². The second-order valence-electron chi connectivity index (χ2n) is 5.87. The van der Waals surface area contributed by atoms with E-state index < -0.39 is 0 Å². The first kappa shape index (κ1) is 13.9. The van der Waals surface area contributed by atoms with Crippen LogP contribution in [0.1, 0.15) is 40.5 Å². The van der Waals surface area contributed by atoms with Crippen LogP contribution >= 0.6 is 0 Å². The Morgan fingerprint density at radius 3 is 2.06 bits per heavy atom. The van der Waals surface area contributed by atoms with Crippen LogP contribution in [0.3, 0.4) is 0 Å². The first-order valence-electron chi connectivity index (χ1n) is 6.68. The van der Waals surface area contributed by atoms with E-state index >= 15 is 0 Å². The Hall–Kier alpha value is -0.120. The van der Waals surface area contributed by atoms with Crippen molar-refractivity contribution in [3.05, 3.63) is 0 Å². The van der Waals surface area contributed by atoms with Crippen molar-refractivity contribution in [3.63, 3.8) is 0 Å². The minimum absolute atomic E-state index is 0.315. The van der Waals surface area contributed by atoms with Crippen molar-refractivity contribution in [3.8, 4) is 0 Å². The molecule has 3 nitrogen and oxygen atoms in total. The molecule has 0 aromatic rings. The lowest BCUT2D eigenvalue weighted by Gasteiger charge is -2.44. The lowest BCUT2D eigenvalue weighted by molar-refractivity contribution is 0.0417. The third kappa shape index (κ3) is 3.72. The molecule has 2 N–H and O–H groups in total. The largest absolute Gasteiger partial charge is 0.329 e. The zero-order chi connectivity index (χ0) is 12.2. The number of piperazine rings is 1. The summed E-state index contributed by atoms with van der Waals surface area (Å²) in [5.41, 5.74) is 6.17. The SMILES string of the molecule is CCCC(CN)N1CCN(C(C)(C)C)CC1. The molecular formula is C13H29N3. The van der Waals surface area contributed by atoms with Gasteiger partial charge in [-0.3, -0.25) is 9.80 Å². The highest BCUT2D eigenvalue weighted by molar-refractivity contribution is 4.84. The summed E-state index contributed by atoms with van der Waals surface area (Å²) in [6.07, 6.45) is 2.48. The van der Waals surface area contributed by atoms with Gasteiger partial charge in [0, 0.05) is 44.3 Å². The van der Waals surface area contributed by atoms with E-state index in [0.29, 0.717) is 11.6 Å². The lowest BCUT2D eigenvalue weighted by atomic mass is 10.0. The predicted octanol–water partition coefficient (Wildman–Crippen LogP) is 1.53. The van der Waals surface area contributed by atoms with Crippen LogP contribution in [0.25, 0.3) is 0 Å². The molecule has 0 saturated carbocycles.